The molecule has 0 amide bonds. The fourth-order valence-electron chi connectivity index (χ4n) is 4.60. The normalized spacial score (nSPS) is 18.0. The van der Waals surface area contributed by atoms with Crippen molar-refractivity contribution in [1.82, 2.24) is 4.57 Å². The molecular formula is C25H25NO6. The Bertz CT molecular complexity index is 1180. The van der Waals surface area contributed by atoms with E-state index in [1.165, 1.54) is 14.2 Å². The van der Waals surface area contributed by atoms with Crippen LogP contribution < -0.4 is 4.74 Å². The molecule has 1 aromatic heterocycles. The number of fused-ring (bicyclic) bond motifs is 3. The first kappa shape index (κ1) is 21.6. The molecule has 2 aromatic carbocycles. The second-order valence-electron chi connectivity index (χ2n) is 7.79. The Kier molecular flexibility index (Phi) is 5.99. The summed E-state index contributed by atoms with van der Waals surface area (Å²) in [6.45, 7) is 0. The Morgan fingerprint density at radius 1 is 0.969 bits per heavy atom. The van der Waals surface area contributed by atoms with Crippen LogP contribution in [0.4, 0.5) is 0 Å². The molecule has 0 aliphatic carbocycles. The van der Waals surface area contributed by atoms with Crippen LogP contribution in [0.2, 0.25) is 0 Å². The predicted molar refractivity (Wildman–Crippen MR) is 118 cm³/mol. The van der Waals surface area contributed by atoms with Gasteiger partial charge in [-0.05, 0) is 42.2 Å². The fraction of sp³-hybridized carbons (Fsp3) is 0.320. The number of methoxy groups -OCH3 is 3. The lowest BCUT2D eigenvalue weighted by Crippen LogP contribution is -2.29. The minimum Gasteiger partial charge on any atom is -0.497 e. The Morgan fingerprint density at radius 2 is 1.69 bits per heavy atom. The number of hydrogen-bond donors (Lipinski definition) is 0. The van der Waals surface area contributed by atoms with Crippen LogP contribution >= 0.6 is 0 Å². The van der Waals surface area contributed by atoms with Crippen molar-refractivity contribution in [2.24, 2.45) is 5.92 Å². The first-order valence-corrected chi connectivity index (χ1v) is 10.4. The zero-order valence-corrected chi connectivity index (χ0v) is 18.3. The van der Waals surface area contributed by atoms with E-state index in [1.54, 1.807) is 11.7 Å². The van der Waals surface area contributed by atoms with Crippen molar-refractivity contribution in [2.75, 3.05) is 21.3 Å². The van der Waals surface area contributed by atoms with E-state index in [1.807, 2.05) is 48.5 Å². The maximum absolute atomic E-state index is 13.6. The topological polar surface area (TPSA) is 83.8 Å². The van der Waals surface area contributed by atoms with Crippen LogP contribution in [-0.2, 0) is 25.5 Å². The van der Waals surface area contributed by atoms with Crippen molar-refractivity contribution in [3.05, 3.63) is 65.4 Å². The number of rotatable bonds is 5. The molecule has 0 N–H and O–H groups in total. The van der Waals surface area contributed by atoms with Crippen LogP contribution in [0.5, 0.6) is 5.75 Å². The van der Waals surface area contributed by atoms with Crippen molar-refractivity contribution in [2.45, 2.75) is 25.2 Å². The summed E-state index contributed by atoms with van der Waals surface area (Å²) < 4.78 is 16.8. The summed E-state index contributed by atoms with van der Waals surface area (Å²) in [5, 5.41) is 0.797. The van der Waals surface area contributed by atoms with Gasteiger partial charge in [-0.2, -0.15) is 0 Å². The molecule has 0 fully saturated rings. The first-order valence-electron chi connectivity index (χ1n) is 10.4. The molecule has 7 heteroatoms. The van der Waals surface area contributed by atoms with Gasteiger partial charge in [-0.25, -0.2) is 0 Å². The van der Waals surface area contributed by atoms with E-state index in [9.17, 15) is 14.4 Å². The summed E-state index contributed by atoms with van der Waals surface area (Å²) in [4.78, 5) is 38.4. The van der Waals surface area contributed by atoms with Crippen molar-refractivity contribution in [3.8, 4) is 5.75 Å². The Morgan fingerprint density at radius 3 is 2.34 bits per heavy atom. The highest BCUT2D eigenvalue weighted by Crippen LogP contribution is 2.42. The van der Waals surface area contributed by atoms with Crippen molar-refractivity contribution < 1.29 is 28.6 Å². The monoisotopic (exact) mass is 435 g/mol. The van der Waals surface area contributed by atoms with Crippen LogP contribution in [0, 0.1) is 5.92 Å². The van der Waals surface area contributed by atoms with Gasteiger partial charge in [0, 0.05) is 17.0 Å². The molecule has 0 unspecified atom stereocenters. The summed E-state index contributed by atoms with van der Waals surface area (Å²) in [5.41, 5.74) is 3.10. The van der Waals surface area contributed by atoms with Crippen LogP contribution in [0.3, 0.4) is 0 Å². The molecule has 1 aliphatic heterocycles. The summed E-state index contributed by atoms with van der Waals surface area (Å²) in [6, 6.07) is 15.1. The summed E-state index contributed by atoms with van der Waals surface area (Å²) in [6.07, 6.45) is 0.917. The van der Waals surface area contributed by atoms with Gasteiger partial charge in [-0.1, -0.05) is 30.3 Å². The van der Waals surface area contributed by atoms with Gasteiger partial charge in [0.1, 0.15) is 11.7 Å². The molecule has 32 heavy (non-hydrogen) atoms. The number of benzene rings is 2. The van der Waals surface area contributed by atoms with E-state index in [4.69, 9.17) is 14.2 Å². The van der Waals surface area contributed by atoms with Gasteiger partial charge in [0.2, 0.25) is 5.91 Å². The third-order valence-corrected chi connectivity index (χ3v) is 6.17. The zero-order valence-electron chi connectivity index (χ0n) is 18.3. The molecule has 3 aromatic rings. The Balaban J connectivity index is 1.99. The number of nitrogens with zero attached hydrogens (tertiary/aromatic N) is 1. The molecule has 0 radical (unpaired) electrons. The van der Waals surface area contributed by atoms with Crippen molar-refractivity contribution in [3.63, 3.8) is 0 Å². The van der Waals surface area contributed by atoms with Gasteiger partial charge < -0.3 is 14.2 Å². The van der Waals surface area contributed by atoms with E-state index in [2.05, 4.69) is 0 Å². The van der Waals surface area contributed by atoms with Gasteiger partial charge in [0.15, 0.2) is 0 Å². The lowest BCUT2D eigenvalue weighted by molar-refractivity contribution is -0.144. The second kappa shape index (κ2) is 8.86. The van der Waals surface area contributed by atoms with Gasteiger partial charge in [0.25, 0.3) is 0 Å². The number of ether oxygens (including phenoxy) is 3. The van der Waals surface area contributed by atoms with Crippen LogP contribution in [0.1, 0.15) is 40.4 Å². The largest absolute Gasteiger partial charge is 0.497 e. The van der Waals surface area contributed by atoms with Crippen LogP contribution in [0.15, 0.2) is 48.5 Å². The van der Waals surface area contributed by atoms with E-state index in [0.717, 1.165) is 28.0 Å². The fourth-order valence-corrected chi connectivity index (χ4v) is 4.60. The average Bonchev–Trinajstić information content (AvgIpc) is 3.05. The molecule has 1 aliphatic rings. The number of carbonyl (C=O) groups excluding carboxylic acids is 3. The lowest BCUT2D eigenvalue weighted by atomic mass is 9.86. The quantitative estimate of drug-likeness (QED) is 0.449. The number of para-hydroxylation sites is 1. The second-order valence-corrected chi connectivity index (χ2v) is 7.79. The molecular weight excluding hydrogens is 410 g/mol. The van der Waals surface area contributed by atoms with E-state index in [0.29, 0.717) is 18.4 Å². The number of carbonyl (C=O) groups is 3. The highest BCUT2D eigenvalue weighted by Gasteiger charge is 2.39. The van der Waals surface area contributed by atoms with E-state index < -0.39 is 11.9 Å². The molecule has 0 spiro atoms. The number of esters is 2. The molecule has 2 heterocycles. The number of hydrogen-bond acceptors (Lipinski definition) is 6. The SMILES string of the molecule is COC(=O)Cc1c2n(c3ccccc13)C(=O)[C@@H](C(=O)OC)CC[C@H]2c1ccc(OC)cc1. The summed E-state index contributed by atoms with van der Waals surface area (Å²) in [5.74, 6) is -1.67. The maximum atomic E-state index is 13.6. The van der Waals surface area contributed by atoms with Gasteiger partial charge in [-0.15, -0.1) is 0 Å². The standard InChI is InChI=1S/C25H25NO6/c1-30-16-10-8-15(9-11-16)17-12-13-19(25(29)32-3)24(28)26-21-7-5-4-6-18(21)20(23(17)26)14-22(27)31-2/h4-11,17,19H,12-14H2,1-3H3/t17-,19-/m0/s1. The summed E-state index contributed by atoms with van der Waals surface area (Å²) in [7, 11) is 4.24. The smallest absolute Gasteiger partial charge is 0.318 e. The van der Waals surface area contributed by atoms with Crippen LogP contribution in [-0.4, -0.2) is 43.7 Å². The van der Waals surface area contributed by atoms with Gasteiger partial charge >= 0.3 is 11.9 Å². The van der Waals surface area contributed by atoms with Gasteiger partial charge in [0.05, 0.1) is 33.3 Å². The Labute approximate surface area is 185 Å². The van der Waals surface area contributed by atoms with Gasteiger partial charge in [-0.3, -0.25) is 19.0 Å². The Hall–Kier alpha value is -3.61. The molecule has 4 rings (SSSR count). The molecule has 0 saturated carbocycles. The zero-order chi connectivity index (χ0) is 22.8. The third-order valence-electron chi connectivity index (χ3n) is 6.17. The minimum atomic E-state index is -0.913. The molecule has 0 saturated heterocycles. The summed E-state index contributed by atoms with van der Waals surface area (Å²) >= 11 is 0. The van der Waals surface area contributed by atoms with Crippen LogP contribution in [0.25, 0.3) is 10.9 Å². The van der Waals surface area contributed by atoms with Crippen molar-refractivity contribution >= 4 is 28.7 Å². The average molecular weight is 435 g/mol. The van der Waals surface area contributed by atoms with E-state index in [-0.39, 0.29) is 24.2 Å². The molecule has 0 bridgehead atoms. The lowest BCUT2D eigenvalue weighted by Gasteiger charge is -2.19. The van der Waals surface area contributed by atoms with E-state index >= 15 is 0 Å². The predicted octanol–water partition coefficient (Wildman–Crippen LogP) is 3.72. The number of aromatic nitrogens is 1. The minimum absolute atomic E-state index is 0.0299. The third kappa shape index (κ3) is 3.64. The first-order chi connectivity index (χ1) is 15.5. The molecule has 2 atom stereocenters. The molecule has 166 valence electrons. The highest BCUT2D eigenvalue weighted by atomic mass is 16.5. The highest BCUT2D eigenvalue weighted by molar-refractivity contribution is 6.05. The van der Waals surface area contributed by atoms with Crippen molar-refractivity contribution in [1.29, 1.82) is 0 Å². The molecule has 7 nitrogen and oxygen atoms in total. The maximum Gasteiger partial charge on any atom is 0.318 e.